The fraction of sp³-hybridized carbons (Fsp3) is 0.533. The van der Waals surface area contributed by atoms with Crippen LogP contribution in [0.1, 0.15) is 31.6 Å². The Morgan fingerprint density at radius 2 is 2.19 bits per heavy atom. The van der Waals surface area contributed by atoms with Gasteiger partial charge in [-0.1, -0.05) is 0 Å². The molecule has 0 spiro atoms. The maximum absolute atomic E-state index is 13.8. The summed E-state index contributed by atoms with van der Waals surface area (Å²) < 4.78 is 26.6. The molecule has 0 radical (unpaired) electrons. The van der Waals surface area contributed by atoms with Crippen LogP contribution in [0.5, 0.6) is 5.75 Å². The summed E-state index contributed by atoms with van der Waals surface area (Å²) in [6, 6.07) is 3.40. The molecule has 0 amide bonds. The van der Waals surface area contributed by atoms with Crippen molar-refractivity contribution in [3.05, 3.63) is 23.8 Å². The van der Waals surface area contributed by atoms with Crippen LogP contribution in [0.15, 0.2) is 12.1 Å². The standard InChI is InChI=1S/C15H18ClFN2O2/c1-3-21-10-4-9(5-10)19-13-7-14(20-2)11(17)6-12(13)18-15(19)8-16/h6-7,9-10H,3-5,8H2,1-2H3. The van der Waals surface area contributed by atoms with Crippen molar-refractivity contribution in [2.45, 2.75) is 37.8 Å². The van der Waals surface area contributed by atoms with E-state index in [-0.39, 0.29) is 5.75 Å². The number of aromatic nitrogens is 2. The van der Waals surface area contributed by atoms with Crippen LogP contribution < -0.4 is 4.74 Å². The van der Waals surface area contributed by atoms with Gasteiger partial charge < -0.3 is 14.0 Å². The minimum Gasteiger partial charge on any atom is -0.494 e. The van der Waals surface area contributed by atoms with Crippen LogP contribution in [0.25, 0.3) is 11.0 Å². The second kappa shape index (κ2) is 5.81. The van der Waals surface area contributed by atoms with E-state index in [1.54, 1.807) is 6.07 Å². The number of alkyl halides is 1. The van der Waals surface area contributed by atoms with E-state index in [4.69, 9.17) is 21.1 Å². The van der Waals surface area contributed by atoms with Crippen LogP contribution >= 0.6 is 11.6 Å². The number of rotatable bonds is 5. The zero-order chi connectivity index (χ0) is 15.0. The van der Waals surface area contributed by atoms with E-state index in [9.17, 15) is 4.39 Å². The van der Waals surface area contributed by atoms with Crippen molar-refractivity contribution < 1.29 is 13.9 Å². The number of ether oxygens (including phenoxy) is 2. The van der Waals surface area contributed by atoms with Crippen molar-refractivity contribution in [1.29, 1.82) is 0 Å². The van der Waals surface area contributed by atoms with E-state index in [1.807, 2.05) is 6.92 Å². The first-order chi connectivity index (χ1) is 10.2. The number of imidazole rings is 1. The van der Waals surface area contributed by atoms with E-state index in [2.05, 4.69) is 9.55 Å². The van der Waals surface area contributed by atoms with E-state index < -0.39 is 5.82 Å². The predicted octanol–water partition coefficient (Wildman–Crippen LogP) is 3.66. The summed E-state index contributed by atoms with van der Waals surface area (Å²) in [5, 5.41) is 0. The second-order valence-corrected chi connectivity index (χ2v) is 5.48. The number of halogens is 2. The van der Waals surface area contributed by atoms with Gasteiger partial charge in [0.25, 0.3) is 0 Å². The van der Waals surface area contributed by atoms with Crippen molar-refractivity contribution in [1.82, 2.24) is 9.55 Å². The molecule has 21 heavy (non-hydrogen) atoms. The third-order valence-corrected chi connectivity index (χ3v) is 4.23. The monoisotopic (exact) mass is 312 g/mol. The van der Waals surface area contributed by atoms with Gasteiger partial charge in [-0.25, -0.2) is 9.37 Å². The van der Waals surface area contributed by atoms with Gasteiger partial charge in [0.05, 0.1) is 30.1 Å². The van der Waals surface area contributed by atoms with Crippen molar-refractivity contribution in [3.8, 4) is 5.75 Å². The van der Waals surface area contributed by atoms with Crippen LogP contribution in [0.2, 0.25) is 0 Å². The Kier molecular flexibility index (Phi) is 4.04. The molecular formula is C15H18ClFN2O2. The fourth-order valence-corrected chi connectivity index (χ4v) is 3.11. The molecule has 0 N–H and O–H groups in total. The first-order valence-electron chi connectivity index (χ1n) is 7.09. The molecule has 0 saturated heterocycles. The Hall–Kier alpha value is -1.33. The lowest BCUT2D eigenvalue weighted by Crippen LogP contribution is -2.34. The smallest absolute Gasteiger partial charge is 0.167 e. The van der Waals surface area contributed by atoms with Crippen LogP contribution in [0.4, 0.5) is 4.39 Å². The van der Waals surface area contributed by atoms with Crippen LogP contribution in [0.3, 0.4) is 0 Å². The molecule has 0 unspecified atom stereocenters. The largest absolute Gasteiger partial charge is 0.494 e. The molecule has 1 aliphatic carbocycles. The number of hydrogen-bond acceptors (Lipinski definition) is 3. The highest BCUT2D eigenvalue weighted by atomic mass is 35.5. The highest BCUT2D eigenvalue weighted by Gasteiger charge is 2.33. The molecule has 114 valence electrons. The molecule has 1 aromatic carbocycles. The Labute approximate surface area is 127 Å². The molecule has 0 bridgehead atoms. The van der Waals surface area contributed by atoms with E-state index in [1.165, 1.54) is 13.2 Å². The van der Waals surface area contributed by atoms with Gasteiger partial charge in [-0.2, -0.15) is 0 Å². The predicted molar refractivity (Wildman–Crippen MR) is 79.5 cm³/mol. The Morgan fingerprint density at radius 1 is 1.43 bits per heavy atom. The van der Waals surface area contributed by atoms with Crippen molar-refractivity contribution in [3.63, 3.8) is 0 Å². The minimum absolute atomic E-state index is 0.227. The summed E-state index contributed by atoms with van der Waals surface area (Å²) in [5.41, 5.74) is 1.48. The Bertz CT molecular complexity index is 653. The number of fused-ring (bicyclic) bond motifs is 1. The quantitative estimate of drug-likeness (QED) is 0.790. The van der Waals surface area contributed by atoms with Crippen LogP contribution in [-0.2, 0) is 10.6 Å². The number of benzene rings is 1. The average Bonchev–Trinajstić information content (AvgIpc) is 2.78. The first-order valence-corrected chi connectivity index (χ1v) is 7.63. The molecule has 1 aromatic heterocycles. The summed E-state index contributed by atoms with van der Waals surface area (Å²) in [4.78, 5) is 4.44. The maximum atomic E-state index is 13.8. The van der Waals surface area contributed by atoms with Gasteiger partial charge in [0.2, 0.25) is 0 Å². The highest BCUT2D eigenvalue weighted by molar-refractivity contribution is 6.16. The van der Waals surface area contributed by atoms with Crippen LogP contribution in [-0.4, -0.2) is 29.4 Å². The molecule has 0 aliphatic heterocycles. The lowest BCUT2D eigenvalue weighted by atomic mass is 9.88. The molecule has 1 fully saturated rings. The van der Waals surface area contributed by atoms with Crippen molar-refractivity contribution in [2.75, 3.05) is 13.7 Å². The Balaban J connectivity index is 2.00. The fourth-order valence-electron chi connectivity index (χ4n) is 2.93. The van der Waals surface area contributed by atoms with Gasteiger partial charge in [-0.3, -0.25) is 0 Å². The van der Waals surface area contributed by atoms with Gasteiger partial charge in [0.1, 0.15) is 5.82 Å². The van der Waals surface area contributed by atoms with E-state index in [0.29, 0.717) is 23.5 Å². The van der Waals surface area contributed by atoms with E-state index in [0.717, 1.165) is 30.8 Å². The first kappa shape index (κ1) is 14.6. The molecule has 6 heteroatoms. The Morgan fingerprint density at radius 3 is 2.81 bits per heavy atom. The molecule has 4 nitrogen and oxygen atoms in total. The zero-order valence-corrected chi connectivity index (χ0v) is 12.9. The third kappa shape index (κ3) is 2.49. The normalized spacial score (nSPS) is 21.5. The molecule has 0 atom stereocenters. The number of methoxy groups -OCH3 is 1. The van der Waals surface area contributed by atoms with Crippen LogP contribution in [0, 0.1) is 5.82 Å². The molecule has 1 aliphatic rings. The summed E-state index contributed by atoms with van der Waals surface area (Å²) in [6.07, 6.45) is 2.16. The topological polar surface area (TPSA) is 36.3 Å². The van der Waals surface area contributed by atoms with Gasteiger partial charge in [0, 0.05) is 24.8 Å². The third-order valence-electron chi connectivity index (χ3n) is 3.99. The maximum Gasteiger partial charge on any atom is 0.167 e. The van der Waals surface area contributed by atoms with Gasteiger partial charge in [-0.15, -0.1) is 11.6 Å². The molecule has 2 aromatic rings. The van der Waals surface area contributed by atoms with E-state index >= 15 is 0 Å². The average molecular weight is 313 g/mol. The second-order valence-electron chi connectivity index (χ2n) is 5.21. The van der Waals surface area contributed by atoms with Gasteiger partial charge in [0.15, 0.2) is 11.6 Å². The van der Waals surface area contributed by atoms with Gasteiger partial charge >= 0.3 is 0 Å². The lowest BCUT2D eigenvalue weighted by molar-refractivity contribution is -0.0192. The molecule has 1 saturated carbocycles. The molecular weight excluding hydrogens is 295 g/mol. The number of hydrogen-bond donors (Lipinski definition) is 0. The van der Waals surface area contributed by atoms with Gasteiger partial charge in [-0.05, 0) is 19.8 Å². The lowest BCUT2D eigenvalue weighted by Gasteiger charge is -2.36. The summed E-state index contributed by atoms with van der Waals surface area (Å²) in [5.74, 6) is 0.885. The summed E-state index contributed by atoms with van der Waals surface area (Å²) in [6.45, 7) is 2.72. The minimum atomic E-state index is -0.406. The van der Waals surface area contributed by atoms with Crippen molar-refractivity contribution >= 4 is 22.6 Å². The van der Waals surface area contributed by atoms with Crippen molar-refractivity contribution in [2.24, 2.45) is 0 Å². The molecule has 3 rings (SSSR count). The molecule has 1 heterocycles. The zero-order valence-electron chi connectivity index (χ0n) is 12.1. The number of nitrogens with zero attached hydrogens (tertiary/aromatic N) is 2. The summed E-state index contributed by atoms with van der Waals surface area (Å²) >= 11 is 6.00. The highest BCUT2D eigenvalue weighted by Crippen LogP contribution is 2.39. The SMILES string of the molecule is CCOC1CC(n2c(CCl)nc3cc(F)c(OC)cc32)C1. The summed E-state index contributed by atoms with van der Waals surface area (Å²) in [7, 11) is 1.46.